The van der Waals surface area contributed by atoms with E-state index in [0.29, 0.717) is 21.6 Å². The van der Waals surface area contributed by atoms with Gasteiger partial charge >= 0.3 is 18.2 Å². The van der Waals surface area contributed by atoms with E-state index in [-0.39, 0.29) is 24.7 Å². The summed E-state index contributed by atoms with van der Waals surface area (Å²) in [5, 5.41) is 0. The maximum atomic E-state index is 14.2. The lowest BCUT2D eigenvalue weighted by Crippen LogP contribution is -2.42. The molecule has 2 heterocycles. The van der Waals surface area contributed by atoms with E-state index in [9.17, 15) is 22.8 Å². The number of alkyl halides is 3. The summed E-state index contributed by atoms with van der Waals surface area (Å²) in [6.07, 6.45) is -6.37. The zero-order valence-corrected chi connectivity index (χ0v) is 23.9. The summed E-state index contributed by atoms with van der Waals surface area (Å²) < 4.78 is 61.5. The van der Waals surface area contributed by atoms with Gasteiger partial charge in [0.2, 0.25) is 11.8 Å². The third kappa shape index (κ3) is 7.40. The van der Waals surface area contributed by atoms with E-state index in [2.05, 4.69) is 14.7 Å². The third-order valence-corrected chi connectivity index (χ3v) is 6.68. The number of carbonyl (C=O) groups excluding carboxylic acids is 2. The zero-order chi connectivity index (χ0) is 29.9. The molecule has 0 fully saturated rings. The van der Waals surface area contributed by atoms with Crippen molar-refractivity contribution < 1.29 is 37.0 Å². The Bertz CT molecular complexity index is 1440. The summed E-state index contributed by atoms with van der Waals surface area (Å²) in [7, 11) is 1.26. The van der Waals surface area contributed by atoms with Crippen molar-refractivity contribution in [1.29, 1.82) is 0 Å². The van der Waals surface area contributed by atoms with Crippen LogP contribution in [0, 0.1) is 6.92 Å². The van der Waals surface area contributed by atoms with E-state index in [1.54, 1.807) is 69.3 Å². The molecule has 1 aliphatic rings. The molecule has 1 aromatic heterocycles. The average molecular weight is 591 g/mol. The number of aryl methyl sites for hydroxylation is 1. The molecule has 13 heteroatoms. The van der Waals surface area contributed by atoms with Gasteiger partial charge < -0.3 is 14.2 Å². The number of fused-ring (bicyclic) bond motifs is 1. The van der Waals surface area contributed by atoms with Gasteiger partial charge in [0.05, 0.1) is 24.9 Å². The summed E-state index contributed by atoms with van der Waals surface area (Å²) in [5.41, 5.74) is -0.562. The van der Waals surface area contributed by atoms with Crippen molar-refractivity contribution >= 4 is 30.0 Å². The lowest BCUT2D eigenvalue weighted by atomic mass is 9.97. The van der Waals surface area contributed by atoms with Crippen molar-refractivity contribution in [3.05, 3.63) is 76.5 Å². The van der Waals surface area contributed by atoms with E-state index in [1.807, 2.05) is 0 Å². The van der Waals surface area contributed by atoms with Gasteiger partial charge in [-0.05, 0) is 69.0 Å². The summed E-state index contributed by atoms with van der Waals surface area (Å²) in [5.74, 6) is -1.34. The molecule has 41 heavy (non-hydrogen) atoms. The number of carbonyl (C=O) groups is 2. The first-order chi connectivity index (χ1) is 19.2. The highest BCUT2D eigenvalue weighted by molar-refractivity contribution is 8.00. The number of halogens is 3. The van der Waals surface area contributed by atoms with Crippen LogP contribution in [0.2, 0.25) is 0 Å². The normalized spacial score (nSPS) is 15.1. The maximum Gasteiger partial charge on any atom is 0.423 e. The Kier molecular flexibility index (Phi) is 8.66. The van der Waals surface area contributed by atoms with E-state index < -0.39 is 41.4 Å². The van der Waals surface area contributed by atoms with Gasteiger partial charge in [0.1, 0.15) is 17.3 Å². The van der Waals surface area contributed by atoms with Gasteiger partial charge in [0, 0.05) is 11.4 Å². The molecular formula is C28H29F3N4O5S. The van der Waals surface area contributed by atoms with Gasteiger partial charge in [0.15, 0.2) is 0 Å². The molecule has 0 radical (unpaired) electrons. The fourth-order valence-corrected chi connectivity index (χ4v) is 4.81. The van der Waals surface area contributed by atoms with Crippen LogP contribution in [-0.2, 0) is 22.2 Å². The highest BCUT2D eigenvalue weighted by atomic mass is 32.2. The molecule has 0 aliphatic carbocycles. The molecule has 0 bridgehead atoms. The first-order valence-electron chi connectivity index (χ1n) is 12.5. The van der Waals surface area contributed by atoms with Crippen LogP contribution >= 0.6 is 11.9 Å². The maximum absolute atomic E-state index is 14.2. The van der Waals surface area contributed by atoms with Crippen LogP contribution in [-0.4, -0.2) is 46.2 Å². The molecule has 218 valence electrons. The SMILES string of the molecule is COC(=O)c1cccc(SNc2nc(C)c(C(F)(F)F)c(OC3CN(C(=O)OC(C)(C)C)Cc4ccccc43)n2)c1. The Morgan fingerprint density at radius 3 is 2.49 bits per heavy atom. The molecule has 0 saturated carbocycles. The number of nitrogens with one attached hydrogen (secondary N) is 1. The van der Waals surface area contributed by atoms with Crippen molar-refractivity contribution in [3.63, 3.8) is 0 Å². The molecule has 2 aromatic carbocycles. The summed E-state index contributed by atoms with van der Waals surface area (Å²) in [4.78, 5) is 34.7. The molecule has 3 aromatic rings. The van der Waals surface area contributed by atoms with Crippen LogP contribution in [0.15, 0.2) is 53.4 Å². The number of hydrogen-bond acceptors (Lipinski definition) is 9. The summed E-state index contributed by atoms with van der Waals surface area (Å²) >= 11 is 1.00. The number of ether oxygens (including phenoxy) is 3. The van der Waals surface area contributed by atoms with Crippen LogP contribution < -0.4 is 9.46 Å². The second kappa shape index (κ2) is 11.9. The molecule has 9 nitrogen and oxygen atoms in total. The standard InChI is InChI=1S/C28H29F3N4O5S/c1-16-22(28(29,30)31)23(33-25(32-16)34-41-19-11-8-10-17(13-19)24(36)38-5)39-21-15-35(26(37)40-27(2,3)4)14-18-9-6-7-12-20(18)21/h6-13,21H,14-15H2,1-5H3,(H,32,33,34). The van der Waals surface area contributed by atoms with Crippen molar-refractivity contribution in [1.82, 2.24) is 14.9 Å². The number of methoxy groups -OCH3 is 1. The number of hydrogen-bond donors (Lipinski definition) is 1. The monoisotopic (exact) mass is 590 g/mol. The summed E-state index contributed by atoms with van der Waals surface area (Å²) in [6, 6.07) is 13.5. The number of benzene rings is 2. The molecule has 1 amide bonds. The first kappa shape index (κ1) is 30.0. The minimum absolute atomic E-state index is 0.0515. The minimum atomic E-state index is -4.81. The molecule has 0 spiro atoms. The highest BCUT2D eigenvalue weighted by Gasteiger charge is 2.40. The Labute approximate surface area is 239 Å². The number of amides is 1. The average Bonchev–Trinajstić information content (AvgIpc) is 2.89. The van der Waals surface area contributed by atoms with Crippen LogP contribution in [0.4, 0.5) is 23.9 Å². The van der Waals surface area contributed by atoms with Crippen LogP contribution in [0.3, 0.4) is 0 Å². The zero-order valence-electron chi connectivity index (χ0n) is 23.0. The molecule has 0 saturated heterocycles. The van der Waals surface area contributed by atoms with Gasteiger partial charge in [-0.15, -0.1) is 0 Å². The fourth-order valence-electron chi connectivity index (χ4n) is 4.17. The van der Waals surface area contributed by atoms with E-state index in [4.69, 9.17) is 14.2 Å². The molecule has 1 N–H and O–H groups in total. The van der Waals surface area contributed by atoms with Crippen molar-refractivity contribution in [2.75, 3.05) is 18.4 Å². The van der Waals surface area contributed by atoms with E-state index >= 15 is 0 Å². The predicted octanol–water partition coefficient (Wildman–Crippen LogP) is 6.58. The highest BCUT2D eigenvalue weighted by Crippen LogP contribution is 2.41. The number of aromatic nitrogens is 2. The van der Waals surface area contributed by atoms with Crippen LogP contribution in [0.1, 0.15) is 59.6 Å². The molecule has 1 aliphatic heterocycles. The second-order valence-electron chi connectivity index (χ2n) is 10.2. The Morgan fingerprint density at radius 1 is 1.07 bits per heavy atom. The second-order valence-corrected chi connectivity index (χ2v) is 11.1. The van der Waals surface area contributed by atoms with Crippen molar-refractivity contribution in [3.8, 4) is 5.88 Å². The smallest absolute Gasteiger partial charge is 0.423 e. The first-order valence-corrected chi connectivity index (χ1v) is 13.4. The predicted molar refractivity (Wildman–Crippen MR) is 145 cm³/mol. The molecular weight excluding hydrogens is 561 g/mol. The fraction of sp³-hybridized carbons (Fsp3) is 0.357. The third-order valence-electron chi connectivity index (χ3n) is 5.91. The molecule has 1 unspecified atom stereocenters. The van der Waals surface area contributed by atoms with Crippen LogP contribution in [0.25, 0.3) is 0 Å². The van der Waals surface area contributed by atoms with E-state index in [0.717, 1.165) is 11.9 Å². The molecule has 4 rings (SSSR count). The number of esters is 1. The summed E-state index contributed by atoms with van der Waals surface area (Å²) in [6.45, 7) is 6.57. The van der Waals surface area contributed by atoms with Crippen molar-refractivity contribution in [2.24, 2.45) is 0 Å². The lowest BCUT2D eigenvalue weighted by Gasteiger charge is -2.35. The number of anilines is 1. The van der Waals surface area contributed by atoms with Gasteiger partial charge in [-0.2, -0.15) is 18.2 Å². The topological polar surface area (TPSA) is 103 Å². The Hall–Kier alpha value is -4.00. The van der Waals surface area contributed by atoms with E-state index in [1.165, 1.54) is 18.9 Å². The van der Waals surface area contributed by atoms with Gasteiger partial charge in [-0.1, -0.05) is 30.3 Å². The molecule has 1 atom stereocenters. The van der Waals surface area contributed by atoms with Gasteiger partial charge in [-0.25, -0.2) is 14.6 Å². The minimum Gasteiger partial charge on any atom is -0.467 e. The van der Waals surface area contributed by atoms with Crippen molar-refractivity contribution in [2.45, 2.75) is 57.0 Å². The van der Waals surface area contributed by atoms with Crippen LogP contribution in [0.5, 0.6) is 5.88 Å². The number of rotatable bonds is 6. The largest absolute Gasteiger partial charge is 0.467 e. The van der Waals surface area contributed by atoms with Gasteiger partial charge in [-0.3, -0.25) is 9.62 Å². The lowest BCUT2D eigenvalue weighted by molar-refractivity contribution is -0.140. The quantitative estimate of drug-likeness (QED) is 0.252. The Morgan fingerprint density at radius 2 is 1.80 bits per heavy atom. The van der Waals surface area contributed by atoms with Gasteiger partial charge in [0.25, 0.3) is 0 Å². The Balaban J connectivity index is 1.65. The number of nitrogens with zero attached hydrogens (tertiary/aromatic N) is 3.